The lowest BCUT2D eigenvalue weighted by atomic mass is 10.2. The summed E-state index contributed by atoms with van der Waals surface area (Å²) in [5.41, 5.74) is 0. The molecule has 113 valence electrons. The fourth-order valence-corrected chi connectivity index (χ4v) is 1.24. The molecule has 0 aliphatic rings. The van der Waals surface area contributed by atoms with E-state index in [0.29, 0.717) is 5.02 Å². The predicted molar refractivity (Wildman–Crippen MR) is 58.0 cm³/mol. The van der Waals surface area contributed by atoms with Gasteiger partial charge in [0.15, 0.2) is 6.79 Å². The van der Waals surface area contributed by atoms with Gasteiger partial charge in [-0.2, -0.15) is 26.3 Å². The van der Waals surface area contributed by atoms with E-state index in [9.17, 15) is 26.3 Å². The number of alkyl halides is 6. The summed E-state index contributed by atoms with van der Waals surface area (Å²) in [4.78, 5) is 0. The van der Waals surface area contributed by atoms with Crippen LogP contribution in [-0.4, -0.2) is 19.1 Å². The second-order valence-corrected chi connectivity index (χ2v) is 4.01. The maximum Gasteiger partial charge on any atom is 0.421 e. The average Bonchev–Trinajstić information content (AvgIpc) is 2.27. The molecule has 0 bridgehead atoms. The Labute approximate surface area is 115 Å². The molecule has 0 N–H and O–H groups in total. The maximum atomic E-state index is 12.3. The van der Waals surface area contributed by atoms with Crippen LogP contribution in [0.15, 0.2) is 24.3 Å². The highest BCUT2D eigenvalue weighted by Crippen LogP contribution is 2.38. The molecule has 1 rings (SSSR count). The topological polar surface area (TPSA) is 18.5 Å². The summed E-state index contributed by atoms with van der Waals surface area (Å²) in [7, 11) is 0. The van der Waals surface area contributed by atoms with E-state index in [1.54, 1.807) is 0 Å². The van der Waals surface area contributed by atoms with Crippen LogP contribution in [0.25, 0.3) is 0 Å². The molecule has 20 heavy (non-hydrogen) atoms. The number of hydrogen-bond acceptors (Lipinski definition) is 2. The minimum Gasteiger partial charge on any atom is -0.468 e. The molecule has 9 heteroatoms. The molecule has 0 atom stereocenters. The molecule has 0 saturated carbocycles. The van der Waals surface area contributed by atoms with Crippen LogP contribution in [0, 0.1) is 6.10 Å². The number of hydrogen-bond donors (Lipinski definition) is 0. The van der Waals surface area contributed by atoms with E-state index in [1.807, 2.05) is 0 Å². The molecule has 0 amide bonds. The second-order valence-electron chi connectivity index (χ2n) is 3.57. The second kappa shape index (κ2) is 6.53. The fraction of sp³-hybridized carbons (Fsp3) is 0.364. The summed E-state index contributed by atoms with van der Waals surface area (Å²) in [6, 6.07) is 5.48. The smallest absolute Gasteiger partial charge is 0.421 e. The van der Waals surface area contributed by atoms with Crippen molar-refractivity contribution in [2.75, 3.05) is 6.79 Å². The summed E-state index contributed by atoms with van der Waals surface area (Å²) in [6.45, 7) is -0.993. The molecule has 1 radical (unpaired) electrons. The Bertz CT molecular complexity index is 414. The molecule has 0 aromatic heterocycles. The van der Waals surface area contributed by atoms with Crippen LogP contribution >= 0.6 is 11.6 Å². The van der Waals surface area contributed by atoms with Crippen molar-refractivity contribution < 1.29 is 35.8 Å². The lowest BCUT2D eigenvalue weighted by Gasteiger charge is -2.20. The van der Waals surface area contributed by atoms with Crippen molar-refractivity contribution in [2.45, 2.75) is 18.8 Å². The van der Waals surface area contributed by atoms with Gasteiger partial charge in [0.2, 0.25) is 6.10 Å². The Morgan fingerprint density at radius 1 is 1.00 bits per heavy atom. The number of halogens is 7. The van der Waals surface area contributed by atoms with Gasteiger partial charge >= 0.3 is 12.4 Å². The Hall–Kier alpha value is -1.15. The van der Waals surface area contributed by atoms with E-state index < -0.39 is 31.7 Å². The van der Waals surface area contributed by atoms with Gasteiger partial charge in [0.1, 0.15) is 5.75 Å². The van der Waals surface area contributed by atoms with Crippen molar-refractivity contribution in [1.29, 1.82) is 0 Å². The number of ether oxygens (including phenoxy) is 2. The van der Waals surface area contributed by atoms with Crippen molar-refractivity contribution in [3.63, 3.8) is 0 Å². The standard InChI is InChI=1S/C11H8ClF6O2/c12-7-1-3-8(4-2-7)19-6-20-9(11(16,17)18)5-10(13,14)15/h1-4H,5-6H2. The third-order valence-electron chi connectivity index (χ3n) is 1.95. The summed E-state index contributed by atoms with van der Waals surface area (Å²) in [5.74, 6) is 0.114. The Morgan fingerprint density at radius 3 is 2.00 bits per heavy atom. The summed E-state index contributed by atoms with van der Waals surface area (Å²) < 4.78 is 81.6. The Kier molecular flexibility index (Phi) is 5.52. The minimum absolute atomic E-state index is 0.114. The van der Waals surface area contributed by atoms with Gasteiger partial charge in [-0.15, -0.1) is 0 Å². The highest BCUT2D eigenvalue weighted by atomic mass is 35.5. The zero-order valence-electron chi connectivity index (χ0n) is 9.69. The highest BCUT2D eigenvalue weighted by molar-refractivity contribution is 6.30. The molecule has 0 fully saturated rings. The molecular weight excluding hydrogens is 314 g/mol. The molecule has 1 aromatic carbocycles. The van der Waals surface area contributed by atoms with Gasteiger partial charge in [-0.3, -0.25) is 0 Å². The first-order valence-corrected chi connectivity index (χ1v) is 5.46. The molecule has 0 aliphatic heterocycles. The normalized spacial score (nSPS) is 12.8. The number of benzene rings is 1. The minimum atomic E-state index is -5.21. The van der Waals surface area contributed by atoms with Crippen LogP contribution in [0.1, 0.15) is 6.42 Å². The molecular formula is C11H8ClF6O2. The molecule has 0 saturated heterocycles. The van der Waals surface area contributed by atoms with E-state index in [4.69, 9.17) is 16.3 Å². The van der Waals surface area contributed by atoms with Crippen LogP contribution in [0.4, 0.5) is 26.3 Å². The largest absolute Gasteiger partial charge is 0.468 e. The van der Waals surface area contributed by atoms with E-state index >= 15 is 0 Å². The molecule has 0 aliphatic carbocycles. The van der Waals surface area contributed by atoms with Gasteiger partial charge in [-0.1, -0.05) is 11.6 Å². The monoisotopic (exact) mass is 321 g/mol. The maximum absolute atomic E-state index is 12.3. The Morgan fingerprint density at radius 2 is 1.55 bits per heavy atom. The van der Waals surface area contributed by atoms with Crippen LogP contribution in [-0.2, 0) is 4.74 Å². The van der Waals surface area contributed by atoms with Crippen LogP contribution in [0.5, 0.6) is 5.75 Å². The van der Waals surface area contributed by atoms with Gasteiger partial charge in [0, 0.05) is 5.02 Å². The van der Waals surface area contributed by atoms with Crippen LogP contribution < -0.4 is 4.74 Å². The predicted octanol–water partition coefficient (Wildman–Crippen LogP) is 4.74. The third kappa shape index (κ3) is 6.33. The van der Waals surface area contributed by atoms with Gasteiger partial charge in [0.05, 0.1) is 6.42 Å². The Balaban J connectivity index is 2.52. The van der Waals surface area contributed by atoms with Crippen molar-refractivity contribution in [2.24, 2.45) is 0 Å². The molecule has 0 unspecified atom stereocenters. The van der Waals surface area contributed by atoms with Crippen molar-refractivity contribution in [1.82, 2.24) is 0 Å². The van der Waals surface area contributed by atoms with Gasteiger partial charge in [-0.25, -0.2) is 0 Å². The molecule has 0 heterocycles. The first kappa shape index (κ1) is 16.9. The zero-order chi connectivity index (χ0) is 15.4. The highest BCUT2D eigenvalue weighted by Gasteiger charge is 2.49. The summed E-state index contributed by atoms with van der Waals surface area (Å²) in [5, 5.41) is 0.373. The van der Waals surface area contributed by atoms with E-state index in [-0.39, 0.29) is 5.75 Å². The van der Waals surface area contributed by atoms with Gasteiger partial charge in [-0.05, 0) is 24.3 Å². The van der Waals surface area contributed by atoms with E-state index in [2.05, 4.69) is 4.74 Å². The summed E-state index contributed by atoms with van der Waals surface area (Å²) in [6.07, 6.45) is -14.5. The van der Waals surface area contributed by atoms with Crippen LogP contribution in [0.3, 0.4) is 0 Å². The first-order valence-electron chi connectivity index (χ1n) is 5.09. The van der Waals surface area contributed by atoms with E-state index in [1.165, 1.54) is 24.3 Å². The lowest BCUT2D eigenvalue weighted by molar-refractivity contribution is -0.217. The fourth-order valence-electron chi connectivity index (χ4n) is 1.11. The number of rotatable bonds is 5. The third-order valence-corrected chi connectivity index (χ3v) is 2.20. The SMILES string of the molecule is FC(F)(F)C[C](OCOc1ccc(Cl)cc1)C(F)(F)F. The molecule has 2 nitrogen and oxygen atoms in total. The molecule has 1 aromatic rings. The molecule has 0 spiro atoms. The quantitative estimate of drug-likeness (QED) is 0.576. The summed E-state index contributed by atoms with van der Waals surface area (Å²) >= 11 is 5.56. The van der Waals surface area contributed by atoms with E-state index in [0.717, 1.165) is 0 Å². The van der Waals surface area contributed by atoms with Crippen molar-refractivity contribution >= 4 is 11.6 Å². The van der Waals surface area contributed by atoms with Gasteiger partial charge < -0.3 is 9.47 Å². The zero-order valence-corrected chi connectivity index (χ0v) is 10.4. The van der Waals surface area contributed by atoms with Crippen LogP contribution in [0.2, 0.25) is 5.02 Å². The average molecular weight is 322 g/mol. The van der Waals surface area contributed by atoms with Gasteiger partial charge in [0.25, 0.3) is 0 Å². The first-order chi connectivity index (χ1) is 9.08. The van der Waals surface area contributed by atoms with Crippen molar-refractivity contribution in [3.8, 4) is 5.75 Å². The lowest BCUT2D eigenvalue weighted by Crippen LogP contribution is -2.29. The van der Waals surface area contributed by atoms with Crippen molar-refractivity contribution in [3.05, 3.63) is 35.4 Å².